The second-order valence-electron chi connectivity index (χ2n) is 4.25. The fraction of sp³-hybridized carbons (Fsp3) is 0.600. The number of hydrogen-bond donors (Lipinski definition) is 2. The number of hydroxylamine groups is 2. The molecule has 0 aromatic rings. The third-order valence-electron chi connectivity index (χ3n) is 2.86. The van der Waals surface area contributed by atoms with E-state index in [0.29, 0.717) is 5.06 Å². The molecule has 0 unspecified atom stereocenters. The van der Waals surface area contributed by atoms with Gasteiger partial charge in [0.2, 0.25) is 5.91 Å². The maximum absolute atomic E-state index is 12.0. The number of nitrogens with zero attached hydrogens (tertiary/aromatic N) is 1. The van der Waals surface area contributed by atoms with E-state index in [1.807, 2.05) is 0 Å². The van der Waals surface area contributed by atoms with E-state index in [-0.39, 0.29) is 19.4 Å². The van der Waals surface area contributed by atoms with Crippen LogP contribution in [0.25, 0.3) is 0 Å². The fourth-order valence-electron chi connectivity index (χ4n) is 2.00. The summed E-state index contributed by atoms with van der Waals surface area (Å²) >= 11 is 0. The van der Waals surface area contributed by atoms with Gasteiger partial charge in [-0.1, -0.05) is 0 Å². The molecule has 2 atom stereocenters. The predicted octanol–water partition coefficient (Wildman–Crippen LogP) is -1.62. The second-order valence-corrected chi connectivity index (χ2v) is 4.25. The molecular formula is C10H12N2O7. The van der Waals surface area contributed by atoms with E-state index in [2.05, 4.69) is 5.32 Å². The Morgan fingerprint density at radius 1 is 1.47 bits per heavy atom. The fourth-order valence-corrected chi connectivity index (χ4v) is 2.00. The van der Waals surface area contributed by atoms with Gasteiger partial charge in [0.25, 0.3) is 5.91 Å². The molecule has 0 aromatic carbocycles. The van der Waals surface area contributed by atoms with Crippen LogP contribution in [0.5, 0.6) is 0 Å². The predicted molar refractivity (Wildman–Crippen MR) is 56.1 cm³/mol. The number of hydrogen-bond acceptors (Lipinski definition) is 6. The summed E-state index contributed by atoms with van der Waals surface area (Å²) in [5.41, 5.74) is -2.14. The molecule has 19 heavy (non-hydrogen) atoms. The van der Waals surface area contributed by atoms with E-state index >= 15 is 0 Å². The van der Waals surface area contributed by atoms with Gasteiger partial charge in [0.15, 0.2) is 0 Å². The van der Waals surface area contributed by atoms with Crippen molar-refractivity contribution >= 4 is 23.8 Å². The van der Waals surface area contributed by atoms with Gasteiger partial charge in [-0.05, 0) is 0 Å². The summed E-state index contributed by atoms with van der Waals surface area (Å²) in [5, 5.41) is 12.0. The van der Waals surface area contributed by atoms with Crippen LogP contribution in [0.15, 0.2) is 0 Å². The summed E-state index contributed by atoms with van der Waals surface area (Å²) < 4.78 is 4.75. The Labute approximate surface area is 107 Å². The molecule has 2 fully saturated rings. The minimum atomic E-state index is -2.14. The Kier molecular flexibility index (Phi) is 3.14. The smallest absolute Gasteiger partial charge is 0.372 e. The molecule has 0 saturated carbocycles. The van der Waals surface area contributed by atoms with Gasteiger partial charge in [0.1, 0.15) is 12.6 Å². The van der Waals surface area contributed by atoms with Crippen LogP contribution in [0.3, 0.4) is 0 Å². The Morgan fingerprint density at radius 2 is 2.16 bits per heavy atom. The van der Waals surface area contributed by atoms with Crippen molar-refractivity contribution in [1.82, 2.24) is 10.4 Å². The van der Waals surface area contributed by atoms with E-state index in [0.717, 1.165) is 0 Å². The monoisotopic (exact) mass is 272 g/mol. The zero-order chi connectivity index (χ0) is 14.2. The SMILES string of the molecule is CC(=O)N[C@H]1CON([C@]2(C(=O)O)CCC(=O)O2)C1=O. The number of carboxylic acids is 1. The minimum Gasteiger partial charge on any atom is -0.477 e. The lowest BCUT2D eigenvalue weighted by molar-refractivity contribution is -0.256. The molecular weight excluding hydrogens is 260 g/mol. The summed E-state index contributed by atoms with van der Waals surface area (Å²) in [6.07, 6.45) is -0.316. The molecule has 2 aliphatic rings. The molecule has 2 saturated heterocycles. The molecule has 2 aliphatic heterocycles. The summed E-state index contributed by atoms with van der Waals surface area (Å²) in [7, 11) is 0. The van der Waals surface area contributed by atoms with Gasteiger partial charge in [-0.3, -0.25) is 19.2 Å². The number of aliphatic carboxylic acids is 1. The van der Waals surface area contributed by atoms with Crippen LogP contribution in [-0.4, -0.2) is 52.3 Å². The van der Waals surface area contributed by atoms with Crippen LogP contribution in [0.2, 0.25) is 0 Å². The standard InChI is InChI=1S/C10H12N2O7/c1-5(13)11-6-4-18-12(8(6)15)10(9(16)17)3-2-7(14)19-10/h6H,2-4H2,1H3,(H,11,13)(H,16,17)/t6-,10+/m0/s1. The first kappa shape index (κ1) is 13.3. The number of carbonyl (C=O) groups excluding carboxylic acids is 3. The molecule has 0 bridgehead atoms. The van der Waals surface area contributed by atoms with Crippen molar-refractivity contribution in [3.63, 3.8) is 0 Å². The van der Waals surface area contributed by atoms with Crippen LogP contribution in [-0.2, 0) is 28.8 Å². The van der Waals surface area contributed by atoms with Crippen molar-refractivity contribution in [1.29, 1.82) is 0 Å². The molecule has 2 amide bonds. The first-order chi connectivity index (χ1) is 8.86. The first-order valence-electron chi connectivity index (χ1n) is 5.56. The molecule has 0 radical (unpaired) electrons. The highest BCUT2D eigenvalue weighted by Gasteiger charge is 2.59. The third kappa shape index (κ3) is 2.12. The van der Waals surface area contributed by atoms with Gasteiger partial charge in [-0.2, -0.15) is 5.06 Å². The normalized spacial score (nSPS) is 30.4. The van der Waals surface area contributed by atoms with Crippen molar-refractivity contribution in [3.05, 3.63) is 0 Å². The molecule has 9 nitrogen and oxygen atoms in total. The molecule has 0 aliphatic carbocycles. The number of rotatable bonds is 3. The lowest BCUT2D eigenvalue weighted by Gasteiger charge is -2.30. The summed E-state index contributed by atoms with van der Waals surface area (Å²) in [6, 6.07) is -0.979. The average Bonchev–Trinajstić information content (AvgIpc) is 2.85. The number of cyclic esters (lactones) is 1. The molecule has 2 N–H and O–H groups in total. The van der Waals surface area contributed by atoms with Gasteiger partial charge in [0.05, 0.1) is 6.42 Å². The van der Waals surface area contributed by atoms with Crippen molar-refractivity contribution in [3.8, 4) is 0 Å². The zero-order valence-electron chi connectivity index (χ0n) is 10.0. The number of amides is 2. The average molecular weight is 272 g/mol. The van der Waals surface area contributed by atoms with Crippen LogP contribution >= 0.6 is 0 Å². The summed E-state index contributed by atoms with van der Waals surface area (Å²) in [4.78, 5) is 50.3. The van der Waals surface area contributed by atoms with Crippen LogP contribution in [0.4, 0.5) is 0 Å². The highest BCUT2D eigenvalue weighted by Crippen LogP contribution is 2.33. The van der Waals surface area contributed by atoms with E-state index in [9.17, 15) is 24.3 Å². The molecule has 2 rings (SSSR count). The Hall–Kier alpha value is -2.16. The molecule has 9 heteroatoms. The lowest BCUT2D eigenvalue weighted by Crippen LogP contribution is -2.56. The van der Waals surface area contributed by atoms with Gasteiger partial charge >= 0.3 is 17.7 Å². The highest BCUT2D eigenvalue weighted by atomic mass is 16.7. The minimum absolute atomic E-state index is 0.121. The largest absolute Gasteiger partial charge is 0.477 e. The van der Waals surface area contributed by atoms with E-state index < -0.39 is 35.5 Å². The first-order valence-corrected chi connectivity index (χ1v) is 5.56. The number of carbonyl (C=O) groups is 4. The molecule has 104 valence electrons. The molecule has 0 spiro atoms. The zero-order valence-corrected chi connectivity index (χ0v) is 10.0. The summed E-state index contributed by atoms with van der Waals surface area (Å²) in [6.45, 7) is 1.02. The van der Waals surface area contributed by atoms with Crippen molar-refractivity contribution in [2.45, 2.75) is 31.5 Å². The van der Waals surface area contributed by atoms with Crippen LogP contribution < -0.4 is 5.32 Å². The number of ether oxygens (including phenoxy) is 1. The summed E-state index contributed by atoms with van der Waals surface area (Å²) in [5.74, 6) is -3.42. The number of carboxylic acid groups (broad SMARTS) is 1. The quantitative estimate of drug-likeness (QED) is 0.592. The van der Waals surface area contributed by atoms with Crippen molar-refractivity contribution in [2.75, 3.05) is 6.61 Å². The van der Waals surface area contributed by atoms with Gasteiger partial charge < -0.3 is 15.2 Å². The van der Waals surface area contributed by atoms with E-state index in [4.69, 9.17) is 9.57 Å². The third-order valence-corrected chi connectivity index (χ3v) is 2.86. The molecule has 2 heterocycles. The van der Waals surface area contributed by atoms with Crippen molar-refractivity contribution in [2.24, 2.45) is 0 Å². The van der Waals surface area contributed by atoms with Gasteiger partial charge in [-0.25, -0.2) is 4.79 Å². The van der Waals surface area contributed by atoms with Gasteiger partial charge in [-0.15, -0.1) is 0 Å². The molecule has 0 aromatic heterocycles. The Bertz CT molecular complexity index is 463. The second kappa shape index (κ2) is 4.50. The Balaban J connectivity index is 2.21. The van der Waals surface area contributed by atoms with Crippen LogP contribution in [0, 0.1) is 0 Å². The van der Waals surface area contributed by atoms with Crippen molar-refractivity contribution < 1.29 is 33.9 Å². The topological polar surface area (TPSA) is 122 Å². The highest BCUT2D eigenvalue weighted by molar-refractivity contribution is 5.93. The lowest BCUT2D eigenvalue weighted by atomic mass is 10.1. The van der Waals surface area contributed by atoms with Gasteiger partial charge in [0, 0.05) is 13.3 Å². The maximum atomic E-state index is 12.0. The van der Waals surface area contributed by atoms with Crippen LogP contribution in [0.1, 0.15) is 19.8 Å². The Morgan fingerprint density at radius 3 is 2.63 bits per heavy atom. The van der Waals surface area contributed by atoms with E-state index in [1.54, 1.807) is 0 Å². The number of nitrogens with one attached hydrogen (secondary N) is 1. The number of esters is 1. The maximum Gasteiger partial charge on any atom is 0.372 e. The van der Waals surface area contributed by atoms with E-state index in [1.165, 1.54) is 6.92 Å².